The van der Waals surface area contributed by atoms with Gasteiger partial charge in [0.15, 0.2) is 0 Å². The van der Waals surface area contributed by atoms with Gasteiger partial charge in [-0.2, -0.15) is 0 Å². The molecule has 5 heteroatoms. The van der Waals surface area contributed by atoms with Gasteiger partial charge in [-0.15, -0.1) is 0 Å². The minimum absolute atomic E-state index is 0.0541. The molecule has 1 amide bonds. The molecular formula is C21H22N4O. The normalized spacial score (nSPS) is 17.9. The fraction of sp³-hybridized carbons (Fsp3) is 0.286. The number of hydrogen-bond donors (Lipinski definition) is 1. The number of pyridine rings is 1. The van der Waals surface area contributed by atoms with Crippen molar-refractivity contribution in [3.8, 4) is 0 Å². The number of carbonyl (C=O) groups is 1. The molecular weight excluding hydrogens is 324 g/mol. The second-order valence-electron chi connectivity index (χ2n) is 6.88. The molecule has 1 unspecified atom stereocenters. The number of imidazole rings is 1. The molecule has 1 aliphatic rings. The number of hydrogen-bond acceptors (Lipinski definition) is 3. The Morgan fingerprint density at radius 2 is 2.12 bits per heavy atom. The van der Waals surface area contributed by atoms with Crippen LogP contribution in [0.15, 0.2) is 48.8 Å². The third kappa shape index (κ3) is 3.52. The van der Waals surface area contributed by atoms with Crippen molar-refractivity contribution >= 4 is 23.0 Å². The van der Waals surface area contributed by atoms with Gasteiger partial charge in [0.2, 0.25) is 5.91 Å². The number of piperidine rings is 1. The fourth-order valence-corrected chi connectivity index (χ4v) is 3.48. The van der Waals surface area contributed by atoms with E-state index in [1.54, 1.807) is 18.5 Å². The van der Waals surface area contributed by atoms with Crippen LogP contribution in [0, 0.1) is 6.92 Å². The first-order chi connectivity index (χ1) is 12.7. The molecule has 2 aromatic heterocycles. The van der Waals surface area contributed by atoms with E-state index in [9.17, 15) is 4.79 Å². The molecule has 4 rings (SSSR count). The predicted molar refractivity (Wildman–Crippen MR) is 103 cm³/mol. The number of nitrogens with one attached hydrogen (secondary N) is 1. The van der Waals surface area contributed by atoms with Gasteiger partial charge in [-0.3, -0.25) is 9.78 Å². The van der Waals surface area contributed by atoms with E-state index in [0.717, 1.165) is 41.8 Å². The number of nitrogens with zero attached hydrogens (tertiary/aromatic N) is 3. The highest BCUT2D eigenvalue weighted by atomic mass is 16.2. The van der Waals surface area contributed by atoms with Crippen LogP contribution >= 0.6 is 0 Å². The molecule has 0 saturated carbocycles. The van der Waals surface area contributed by atoms with Gasteiger partial charge in [0.25, 0.3) is 0 Å². The lowest BCUT2D eigenvalue weighted by Crippen LogP contribution is -2.38. The molecule has 3 aromatic rings. The lowest BCUT2D eigenvalue weighted by atomic mass is 9.97. The SMILES string of the molecule is Cc1ccc2nc(C3CCCN(C(=O)/C=C/c4ccncc4)C3)[nH]c2c1. The Balaban J connectivity index is 1.48. The Hall–Kier alpha value is -2.95. The molecule has 1 fully saturated rings. The first-order valence-corrected chi connectivity index (χ1v) is 9.02. The Kier molecular flexibility index (Phi) is 4.52. The number of amides is 1. The van der Waals surface area contributed by atoms with E-state index in [1.807, 2.05) is 29.2 Å². The summed E-state index contributed by atoms with van der Waals surface area (Å²) in [6.45, 7) is 3.59. The predicted octanol–water partition coefficient (Wildman–Crippen LogP) is 3.69. The maximum atomic E-state index is 12.6. The van der Waals surface area contributed by atoms with Crippen molar-refractivity contribution in [3.05, 3.63) is 65.8 Å². The highest BCUT2D eigenvalue weighted by molar-refractivity contribution is 5.91. The van der Waals surface area contributed by atoms with Gasteiger partial charge in [-0.05, 0) is 61.2 Å². The minimum Gasteiger partial charge on any atom is -0.342 e. The van der Waals surface area contributed by atoms with Gasteiger partial charge >= 0.3 is 0 Å². The van der Waals surface area contributed by atoms with E-state index >= 15 is 0 Å². The van der Waals surface area contributed by atoms with Gasteiger partial charge < -0.3 is 9.88 Å². The largest absolute Gasteiger partial charge is 0.342 e. The summed E-state index contributed by atoms with van der Waals surface area (Å²) in [5.41, 5.74) is 4.26. The number of H-pyrrole nitrogens is 1. The van der Waals surface area contributed by atoms with Crippen molar-refractivity contribution in [1.29, 1.82) is 0 Å². The topological polar surface area (TPSA) is 61.9 Å². The number of benzene rings is 1. The number of aromatic amines is 1. The van der Waals surface area contributed by atoms with Crippen molar-refractivity contribution in [1.82, 2.24) is 19.9 Å². The maximum Gasteiger partial charge on any atom is 0.246 e. The number of carbonyl (C=O) groups excluding carboxylic acids is 1. The first-order valence-electron chi connectivity index (χ1n) is 9.02. The molecule has 0 aliphatic carbocycles. The molecule has 1 N–H and O–H groups in total. The average molecular weight is 346 g/mol. The summed E-state index contributed by atoms with van der Waals surface area (Å²) in [6, 6.07) is 10.0. The van der Waals surface area contributed by atoms with E-state index < -0.39 is 0 Å². The van der Waals surface area contributed by atoms with Gasteiger partial charge in [0.1, 0.15) is 5.82 Å². The van der Waals surface area contributed by atoms with Crippen LogP contribution in [0.4, 0.5) is 0 Å². The van der Waals surface area contributed by atoms with Gasteiger partial charge in [-0.1, -0.05) is 6.07 Å². The number of fused-ring (bicyclic) bond motifs is 1. The van der Waals surface area contributed by atoms with Crippen molar-refractivity contribution in [2.45, 2.75) is 25.7 Å². The maximum absolute atomic E-state index is 12.6. The zero-order valence-electron chi connectivity index (χ0n) is 14.9. The molecule has 1 aromatic carbocycles. The van der Waals surface area contributed by atoms with Crippen molar-refractivity contribution in [2.75, 3.05) is 13.1 Å². The Labute approximate surface area is 152 Å². The Bertz CT molecular complexity index is 945. The van der Waals surface area contributed by atoms with Gasteiger partial charge in [-0.25, -0.2) is 4.98 Å². The summed E-state index contributed by atoms with van der Waals surface area (Å²) in [6.07, 6.45) is 9.00. The summed E-state index contributed by atoms with van der Waals surface area (Å²) in [5.74, 6) is 1.30. The number of rotatable bonds is 3. The van der Waals surface area contributed by atoms with E-state index in [0.29, 0.717) is 6.54 Å². The number of likely N-dealkylation sites (tertiary alicyclic amines) is 1. The van der Waals surface area contributed by atoms with Crippen molar-refractivity contribution < 1.29 is 4.79 Å². The van der Waals surface area contributed by atoms with Crippen LogP contribution in [0.25, 0.3) is 17.1 Å². The van der Waals surface area contributed by atoms with Crippen LogP contribution < -0.4 is 0 Å². The van der Waals surface area contributed by atoms with Crippen LogP contribution in [0.5, 0.6) is 0 Å². The van der Waals surface area contributed by atoms with E-state index in [1.165, 1.54) is 5.56 Å². The molecule has 132 valence electrons. The van der Waals surface area contributed by atoms with E-state index in [4.69, 9.17) is 4.98 Å². The molecule has 0 bridgehead atoms. The van der Waals surface area contributed by atoms with Crippen LogP contribution in [-0.4, -0.2) is 38.8 Å². The molecule has 1 saturated heterocycles. The summed E-state index contributed by atoms with van der Waals surface area (Å²) in [4.78, 5) is 26.7. The molecule has 5 nitrogen and oxygen atoms in total. The third-order valence-electron chi connectivity index (χ3n) is 4.90. The molecule has 1 atom stereocenters. The zero-order valence-corrected chi connectivity index (χ0v) is 14.9. The molecule has 1 aliphatic heterocycles. The third-order valence-corrected chi connectivity index (χ3v) is 4.90. The van der Waals surface area contributed by atoms with Crippen LogP contribution in [0.2, 0.25) is 0 Å². The van der Waals surface area contributed by atoms with E-state index in [-0.39, 0.29) is 11.8 Å². The van der Waals surface area contributed by atoms with Crippen LogP contribution in [-0.2, 0) is 4.79 Å². The summed E-state index contributed by atoms with van der Waals surface area (Å²) in [5, 5.41) is 0. The first kappa shape index (κ1) is 16.5. The zero-order chi connectivity index (χ0) is 17.9. The highest BCUT2D eigenvalue weighted by Crippen LogP contribution is 2.27. The Morgan fingerprint density at radius 1 is 1.27 bits per heavy atom. The molecule has 0 spiro atoms. The lowest BCUT2D eigenvalue weighted by Gasteiger charge is -2.31. The quantitative estimate of drug-likeness (QED) is 0.736. The van der Waals surface area contributed by atoms with Crippen LogP contribution in [0.3, 0.4) is 0 Å². The fourth-order valence-electron chi connectivity index (χ4n) is 3.48. The average Bonchev–Trinajstić information content (AvgIpc) is 3.10. The standard InChI is InChI=1S/C21H22N4O/c1-15-4-6-18-19(13-15)24-21(23-18)17-3-2-12-25(14-17)20(26)7-5-16-8-10-22-11-9-16/h4-11,13,17H,2-3,12,14H2,1H3,(H,23,24)/b7-5+. The Morgan fingerprint density at radius 3 is 2.96 bits per heavy atom. The summed E-state index contributed by atoms with van der Waals surface area (Å²) < 4.78 is 0. The second kappa shape index (κ2) is 7.12. The lowest BCUT2D eigenvalue weighted by molar-refractivity contribution is -0.127. The second-order valence-corrected chi connectivity index (χ2v) is 6.88. The van der Waals surface area contributed by atoms with Crippen molar-refractivity contribution in [2.24, 2.45) is 0 Å². The highest BCUT2D eigenvalue weighted by Gasteiger charge is 2.25. The van der Waals surface area contributed by atoms with Crippen LogP contribution in [0.1, 0.15) is 35.7 Å². The number of aryl methyl sites for hydroxylation is 1. The van der Waals surface area contributed by atoms with Gasteiger partial charge in [0, 0.05) is 37.5 Å². The summed E-state index contributed by atoms with van der Waals surface area (Å²) in [7, 11) is 0. The van der Waals surface area contributed by atoms with E-state index in [2.05, 4.69) is 29.0 Å². The summed E-state index contributed by atoms with van der Waals surface area (Å²) >= 11 is 0. The monoisotopic (exact) mass is 346 g/mol. The molecule has 0 radical (unpaired) electrons. The molecule has 26 heavy (non-hydrogen) atoms. The minimum atomic E-state index is 0.0541. The number of aromatic nitrogens is 3. The smallest absolute Gasteiger partial charge is 0.246 e. The van der Waals surface area contributed by atoms with Crippen molar-refractivity contribution in [3.63, 3.8) is 0 Å². The van der Waals surface area contributed by atoms with Gasteiger partial charge in [0.05, 0.1) is 11.0 Å². The molecule has 3 heterocycles.